The molecule has 1 amide bonds. The predicted octanol–water partition coefficient (Wildman–Crippen LogP) is 3.23. The molecule has 2 aromatic carbocycles. The molecule has 0 saturated heterocycles. The van der Waals surface area contributed by atoms with E-state index in [0.29, 0.717) is 34.7 Å². The Labute approximate surface area is 174 Å². The second kappa shape index (κ2) is 7.56. The molecule has 1 aliphatic rings. The van der Waals surface area contributed by atoms with Crippen LogP contribution in [0.4, 0.5) is 5.69 Å². The minimum atomic E-state index is -3.67. The fourth-order valence-corrected chi connectivity index (χ4v) is 4.61. The van der Waals surface area contributed by atoms with Crippen LogP contribution in [0, 0.1) is 12.8 Å². The van der Waals surface area contributed by atoms with Crippen molar-refractivity contribution in [2.45, 2.75) is 38.1 Å². The molecule has 30 heavy (non-hydrogen) atoms. The Bertz CT molecular complexity index is 1260. The summed E-state index contributed by atoms with van der Waals surface area (Å²) in [5.74, 6) is 0.311. The van der Waals surface area contributed by atoms with Crippen LogP contribution in [0.5, 0.6) is 0 Å². The van der Waals surface area contributed by atoms with E-state index in [1.807, 2.05) is 13.8 Å². The topological polar surface area (TPSA) is 114 Å². The Morgan fingerprint density at radius 2 is 2.03 bits per heavy atom. The number of rotatable bonds is 5. The first-order valence-electron chi connectivity index (χ1n) is 9.66. The monoisotopic (exact) mass is 426 g/mol. The maximum Gasteiger partial charge on any atom is 0.263 e. The molecule has 9 heteroatoms. The molecule has 3 aromatic rings. The number of nitrogens with zero attached hydrogens (tertiary/aromatic N) is 2. The van der Waals surface area contributed by atoms with E-state index >= 15 is 0 Å². The van der Waals surface area contributed by atoms with Gasteiger partial charge in [-0.2, -0.15) is 0 Å². The average Bonchev–Trinajstić information content (AvgIpc) is 3.21. The SMILES string of the molecule is CC[C@H](C)[C@@H](N=C1NS(=O)(=O)c2ccccc21)C(=O)Nc1ccc2oc(C)nc2c1. The molecule has 156 valence electrons. The van der Waals surface area contributed by atoms with Crippen molar-refractivity contribution < 1.29 is 17.6 Å². The summed E-state index contributed by atoms with van der Waals surface area (Å²) in [5.41, 5.74) is 2.33. The van der Waals surface area contributed by atoms with E-state index < -0.39 is 16.1 Å². The lowest BCUT2D eigenvalue weighted by Crippen LogP contribution is -2.34. The van der Waals surface area contributed by atoms with E-state index in [4.69, 9.17) is 4.42 Å². The second-order valence-electron chi connectivity index (χ2n) is 7.31. The molecular formula is C21H22N4O4S. The Morgan fingerprint density at radius 1 is 1.27 bits per heavy atom. The van der Waals surface area contributed by atoms with Crippen molar-refractivity contribution in [3.8, 4) is 0 Å². The summed E-state index contributed by atoms with van der Waals surface area (Å²) in [7, 11) is -3.67. The number of oxazole rings is 1. The van der Waals surface area contributed by atoms with E-state index in [1.54, 1.807) is 43.3 Å². The van der Waals surface area contributed by atoms with Crippen LogP contribution < -0.4 is 10.0 Å². The van der Waals surface area contributed by atoms with Gasteiger partial charge in [0.15, 0.2) is 11.5 Å². The van der Waals surface area contributed by atoms with Gasteiger partial charge in [-0.15, -0.1) is 0 Å². The number of fused-ring (bicyclic) bond motifs is 2. The Balaban J connectivity index is 1.66. The van der Waals surface area contributed by atoms with Gasteiger partial charge in [0.2, 0.25) is 5.91 Å². The fraction of sp³-hybridized carbons (Fsp3) is 0.286. The average molecular weight is 426 g/mol. The predicted molar refractivity (Wildman–Crippen MR) is 114 cm³/mol. The minimum absolute atomic E-state index is 0.104. The summed E-state index contributed by atoms with van der Waals surface area (Å²) in [6.07, 6.45) is 0.699. The van der Waals surface area contributed by atoms with Crippen LogP contribution in [0.15, 0.2) is 56.8 Å². The first kappa shape index (κ1) is 20.1. The second-order valence-corrected chi connectivity index (χ2v) is 8.97. The number of amides is 1. The van der Waals surface area contributed by atoms with Gasteiger partial charge in [-0.3, -0.25) is 14.5 Å². The number of anilines is 1. The molecule has 2 N–H and O–H groups in total. The maximum atomic E-state index is 13.1. The molecule has 0 fully saturated rings. The van der Waals surface area contributed by atoms with Crippen LogP contribution in [-0.2, 0) is 14.8 Å². The minimum Gasteiger partial charge on any atom is -0.441 e. The first-order valence-corrected chi connectivity index (χ1v) is 11.1. The van der Waals surface area contributed by atoms with Gasteiger partial charge >= 0.3 is 0 Å². The van der Waals surface area contributed by atoms with Crippen molar-refractivity contribution in [2.24, 2.45) is 10.9 Å². The molecule has 0 saturated carbocycles. The van der Waals surface area contributed by atoms with Crippen molar-refractivity contribution in [1.82, 2.24) is 9.71 Å². The van der Waals surface area contributed by atoms with E-state index in [9.17, 15) is 13.2 Å². The molecule has 1 aromatic heterocycles. The van der Waals surface area contributed by atoms with Crippen molar-refractivity contribution >= 4 is 38.6 Å². The van der Waals surface area contributed by atoms with E-state index in [1.165, 1.54) is 6.07 Å². The molecule has 0 bridgehead atoms. The quantitative estimate of drug-likeness (QED) is 0.650. The lowest BCUT2D eigenvalue weighted by molar-refractivity contribution is -0.118. The number of carbonyl (C=O) groups is 1. The molecule has 0 spiro atoms. The Morgan fingerprint density at radius 3 is 2.80 bits per heavy atom. The summed E-state index contributed by atoms with van der Waals surface area (Å²) in [5, 5.41) is 2.87. The van der Waals surface area contributed by atoms with Gasteiger partial charge in [-0.1, -0.05) is 32.4 Å². The summed E-state index contributed by atoms with van der Waals surface area (Å²) in [6.45, 7) is 5.63. The van der Waals surface area contributed by atoms with E-state index in [0.717, 1.165) is 0 Å². The largest absolute Gasteiger partial charge is 0.441 e. The smallest absolute Gasteiger partial charge is 0.263 e. The number of benzene rings is 2. The summed E-state index contributed by atoms with van der Waals surface area (Å²) >= 11 is 0. The molecule has 0 unspecified atom stereocenters. The van der Waals surface area contributed by atoms with Crippen molar-refractivity contribution in [3.05, 3.63) is 53.9 Å². The number of nitrogens with one attached hydrogen (secondary N) is 2. The van der Waals surface area contributed by atoms with Gasteiger partial charge in [0.05, 0.1) is 4.90 Å². The number of carbonyl (C=O) groups excluding carboxylic acids is 1. The molecule has 1 aliphatic heterocycles. The number of hydrogen-bond acceptors (Lipinski definition) is 6. The van der Waals surface area contributed by atoms with Crippen LogP contribution >= 0.6 is 0 Å². The highest BCUT2D eigenvalue weighted by atomic mass is 32.2. The van der Waals surface area contributed by atoms with Gasteiger partial charge < -0.3 is 9.73 Å². The van der Waals surface area contributed by atoms with Crippen LogP contribution in [0.3, 0.4) is 0 Å². The number of sulfonamides is 1. The highest BCUT2D eigenvalue weighted by molar-refractivity contribution is 7.90. The molecule has 4 rings (SSSR count). The third-order valence-corrected chi connectivity index (χ3v) is 6.54. The van der Waals surface area contributed by atoms with Gasteiger partial charge in [0, 0.05) is 18.2 Å². The molecule has 0 aliphatic carbocycles. The molecule has 8 nitrogen and oxygen atoms in total. The number of aryl methyl sites for hydroxylation is 1. The van der Waals surface area contributed by atoms with Crippen molar-refractivity contribution in [3.63, 3.8) is 0 Å². The van der Waals surface area contributed by atoms with Crippen LogP contribution in [0.25, 0.3) is 11.1 Å². The highest BCUT2D eigenvalue weighted by Crippen LogP contribution is 2.25. The Hall–Kier alpha value is -3.20. The third-order valence-electron chi connectivity index (χ3n) is 5.14. The number of aromatic nitrogens is 1. The number of amidine groups is 1. The lowest BCUT2D eigenvalue weighted by atomic mass is 9.98. The molecular weight excluding hydrogens is 404 g/mol. The van der Waals surface area contributed by atoms with Crippen LogP contribution in [-0.4, -0.2) is 31.2 Å². The Kier molecular flexibility index (Phi) is 5.07. The zero-order chi connectivity index (χ0) is 21.5. The van der Waals surface area contributed by atoms with Gasteiger partial charge in [0.25, 0.3) is 10.0 Å². The standard InChI is InChI=1S/C21H22N4O4S/c1-4-12(2)19(24-20-15-7-5-6-8-18(15)30(27,28)25-20)21(26)23-14-9-10-17-16(11-14)22-13(3)29-17/h5-12,19H,4H2,1-3H3,(H,23,26)(H,24,25)/t12-,19+/m0/s1. The third kappa shape index (κ3) is 3.68. The molecule has 0 radical (unpaired) electrons. The normalized spacial score (nSPS) is 18.0. The lowest BCUT2D eigenvalue weighted by Gasteiger charge is -2.19. The van der Waals surface area contributed by atoms with Crippen molar-refractivity contribution in [2.75, 3.05) is 5.32 Å². The van der Waals surface area contributed by atoms with Crippen LogP contribution in [0.1, 0.15) is 31.7 Å². The molecule has 2 atom stereocenters. The maximum absolute atomic E-state index is 13.1. The number of aliphatic imine (C=N–C) groups is 1. The van der Waals surface area contributed by atoms with E-state index in [-0.39, 0.29) is 22.6 Å². The van der Waals surface area contributed by atoms with Gasteiger partial charge in [-0.25, -0.2) is 13.4 Å². The zero-order valence-corrected chi connectivity index (χ0v) is 17.7. The van der Waals surface area contributed by atoms with E-state index in [2.05, 4.69) is 20.0 Å². The van der Waals surface area contributed by atoms with Gasteiger partial charge in [0.1, 0.15) is 17.4 Å². The zero-order valence-electron chi connectivity index (χ0n) is 16.8. The summed E-state index contributed by atoms with van der Waals surface area (Å²) in [6, 6.07) is 11.0. The van der Waals surface area contributed by atoms with Crippen LogP contribution in [0.2, 0.25) is 0 Å². The summed E-state index contributed by atoms with van der Waals surface area (Å²) in [4.78, 5) is 22.0. The fourth-order valence-electron chi connectivity index (χ4n) is 3.37. The van der Waals surface area contributed by atoms with Gasteiger partial charge in [-0.05, 0) is 36.2 Å². The molecule has 2 heterocycles. The number of hydrogen-bond donors (Lipinski definition) is 2. The highest BCUT2D eigenvalue weighted by Gasteiger charge is 2.33. The first-order chi connectivity index (χ1) is 14.3. The summed E-state index contributed by atoms with van der Waals surface area (Å²) < 4.78 is 32.7. The van der Waals surface area contributed by atoms with Crippen molar-refractivity contribution in [1.29, 1.82) is 0 Å².